The molecular formula is C14H17ClFN3. The molecule has 0 aliphatic carbocycles. The van der Waals surface area contributed by atoms with Crippen LogP contribution in [0.3, 0.4) is 0 Å². The first-order valence-corrected chi connectivity index (χ1v) is 6.62. The standard InChI is InChI=1S/C14H17ClFN3/c1-10(2)17-8-12-5-6-18-19(12)9-11-3-4-13(15)14(16)7-11/h3-7,10,17H,8-9H2,1-2H3. The Kier molecular flexibility index (Phi) is 4.56. The zero-order valence-electron chi connectivity index (χ0n) is 11.0. The van der Waals surface area contributed by atoms with Gasteiger partial charge in [-0.25, -0.2) is 4.39 Å². The molecule has 0 radical (unpaired) electrons. The Labute approximate surface area is 117 Å². The van der Waals surface area contributed by atoms with Crippen LogP contribution in [0.4, 0.5) is 4.39 Å². The highest BCUT2D eigenvalue weighted by molar-refractivity contribution is 6.30. The third kappa shape index (κ3) is 3.78. The number of hydrogen-bond acceptors (Lipinski definition) is 2. The number of halogens is 2. The van der Waals surface area contributed by atoms with E-state index in [-0.39, 0.29) is 5.02 Å². The Morgan fingerprint density at radius 2 is 2.16 bits per heavy atom. The zero-order chi connectivity index (χ0) is 13.8. The van der Waals surface area contributed by atoms with Crippen molar-refractivity contribution in [2.45, 2.75) is 33.0 Å². The molecule has 0 saturated heterocycles. The van der Waals surface area contributed by atoms with Crippen molar-refractivity contribution in [2.24, 2.45) is 0 Å². The van der Waals surface area contributed by atoms with Crippen molar-refractivity contribution in [1.82, 2.24) is 15.1 Å². The van der Waals surface area contributed by atoms with Gasteiger partial charge in [0.2, 0.25) is 0 Å². The van der Waals surface area contributed by atoms with Crippen molar-refractivity contribution in [3.05, 3.63) is 52.6 Å². The van der Waals surface area contributed by atoms with Crippen molar-refractivity contribution in [3.8, 4) is 0 Å². The van der Waals surface area contributed by atoms with Crippen molar-refractivity contribution in [1.29, 1.82) is 0 Å². The summed E-state index contributed by atoms with van der Waals surface area (Å²) in [4.78, 5) is 0. The molecule has 2 aromatic rings. The highest BCUT2D eigenvalue weighted by atomic mass is 35.5. The molecule has 0 aliphatic heterocycles. The molecule has 0 unspecified atom stereocenters. The van der Waals surface area contributed by atoms with E-state index in [9.17, 15) is 4.39 Å². The summed E-state index contributed by atoms with van der Waals surface area (Å²) in [5.41, 5.74) is 1.92. The molecule has 1 aromatic heterocycles. The number of benzene rings is 1. The van der Waals surface area contributed by atoms with Crippen molar-refractivity contribution in [3.63, 3.8) is 0 Å². The lowest BCUT2D eigenvalue weighted by molar-refractivity contribution is 0.546. The van der Waals surface area contributed by atoms with Gasteiger partial charge in [0.15, 0.2) is 0 Å². The lowest BCUT2D eigenvalue weighted by Gasteiger charge is -2.11. The van der Waals surface area contributed by atoms with E-state index in [1.165, 1.54) is 6.07 Å². The van der Waals surface area contributed by atoms with Gasteiger partial charge in [0, 0.05) is 18.8 Å². The summed E-state index contributed by atoms with van der Waals surface area (Å²) in [6, 6.07) is 7.20. The molecule has 2 rings (SSSR count). The van der Waals surface area contributed by atoms with Crippen LogP contribution in [0.2, 0.25) is 5.02 Å². The Morgan fingerprint density at radius 1 is 1.37 bits per heavy atom. The van der Waals surface area contributed by atoms with E-state index < -0.39 is 5.82 Å². The van der Waals surface area contributed by atoms with Crippen molar-refractivity contribution in [2.75, 3.05) is 0 Å². The largest absolute Gasteiger partial charge is 0.309 e. The lowest BCUT2D eigenvalue weighted by Crippen LogP contribution is -2.23. The Bertz CT molecular complexity index is 551. The first-order chi connectivity index (χ1) is 9.06. The van der Waals surface area contributed by atoms with Crippen LogP contribution in [-0.4, -0.2) is 15.8 Å². The summed E-state index contributed by atoms with van der Waals surface area (Å²) in [7, 11) is 0. The molecule has 1 heterocycles. The number of rotatable bonds is 5. The number of nitrogens with zero attached hydrogens (tertiary/aromatic N) is 2. The molecular weight excluding hydrogens is 265 g/mol. The predicted octanol–water partition coefficient (Wildman–Crippen LogP) is 3.22. The minimum Gasteiger partial charge on any atom is -0.309 e. The van der Waals surface area contributed by atoms with E-state index >= 15 is 0 Å². The SMILES string of the molecule is CC(C)NCc1ccnn1Cc1ccc(Cl)c(F)c1. The topological polar surface area (TPSA) is 29.9 Å². The van der Waals surface area contributed by atoms with E-state index in [0.29, 0.717) is 12.6 Å². The maximum atomic E-state index is 13.4. The Balaban J connectivity index is 2.10. The molecule has 5 heteroatoms. The van der Waals surface area contributed by atoms with Crippen LogP contribution >= 0.6 is 11.6 Å². The second-order valence-electron chi connectivity index (χ2n) is 4.76. The maximum Gasteiger partial charge on any atom is 0.142 e. The number of hydrogen-bond donors (Lipinski definition) is 1. The Morgan fingerprint density at radius 3 is 2.84 bits per heavy atom. The summed E-state index contributed by atoms with van der Waals surface area (Å²) in [5.74, 6) is -0.395. The van der Waals surface area contributed by atoms with Crippen molar-refractivity contribution < 1.29 is 4.39 Å². The third-order valence-corrected chi connectivity index (χ3v) is 3.12. The van der Waals surface area contributed by atoms with E-state index in [1.54, 1.807) is 12.3 Å². The summed E-state index contributed by atoms with van der Waals surface area (Å²) >= 11 is 5.67. The summed E-state index contributed by atoms with van der Waals surface area (Å²) in [6.07, 6.45) is 1.75. The van der Waals surface area contributed by atoms with E-state index in [1.807, 2.05) is 16.8 Å². The third-order valence-electron chi connectivity index (χ3n) is 2.81. The van der Waals surface area contributed by atoms with Gasteiger partial charge in [-0.3, -0.25) is 4.68 Å². The van der Waals surface area contributed by atoms with Crippen LogP contribution in [0, 0.1) is 5.82 Å². The van der Waals surface area contributed by atoms with Crippen LogP contribution in [0.25, 0.3) is 0 Å². The van der Waals surface area contributed by atoms with Gasteiger partial charge < -0.3 is 5.32 Å². The monoisotopic (exact) mass is 281 g/mol. The molecule has 1 N–H and O–H groups in total. The molecule has 0 fully saturated rings. The zero-order valence-corrected chi connectivity index (χ0v) is 11.8. The molecule has 0 amide bonds. The number of aromatic nitrogens is 2. The Hall–Kier alpha value is -1.39. The minimum atomic E-state index is -0.395. The quantitative estimate of drug-likeness (QED) is 0.912. The van der Waals surface area contributed by atoms with E-state index in [4.69, 9.17) is 11.6 Å². The van der Waals surface area contributed by atoms with Gasteiger partial charge >= 0.3 is 0 Å². The maximum absolute atomic E-state index is 13.4. The molecule has 3 nitrogen and oxygen atoms in total. The van der Waals surface area contributed by atoms with E-state index in [0.717, 1.165) is 17.8 Å². The highest BCUT2D eigenvalue weighted by Gasteiger charge is 2.06. The van der Waals surface area contributed by atoms with Crippen LogP contribution in [-0.2, 0) is 13.1 Å². The molecule has 0 spiro atoms. The van der Waals surface area contributed by atoms with Crippen LogP contribution in [0.1, 0.15) is 25.1 Å². The predicted molar refractivity (Wildman–Crippen MR) is 74.7 cm³/mol. The van der Waals surface area contributed by atoms with Gasteiger partial charge in [0.1, 0.15) is 5.82 Å². The van der Waals surface area contributed by atoms with Crippen LogP contribution < -0.4 is 5.32 Å². The summed E-state index contributed by atoms with van der Waals surface area (Å²) in [5, 5.41) is 7.75. The van der Waals surface area contributed by atoms with Gasteiger partial charge in [0.25, 0.3) is 0 Å². The molecule has 19 heavy (non-hydrogen) atoms. The molecule has 0 saturated carbocycles. The first-order valence-electron chi connectivity index (χ1n) is 6.24. The fourth-order valence-electron chi connectivity index (χ4n) is 1.77. The average Bonchev–Trinajstić information content (AvgIpc) is 2.79. The molecule has 0 atom stereocenters. The second-order valence-corrected chi connectivity index (χ2v) is 5.17. The summed E-state index contributed by atoms with van der Waals surface area (Å²) < 4.78 is 15.2. The fraction of sp³-hybridized carbons (Fsp3) is 0.357. The first kappa shape index (κ1) is 14.0. The molecule has 0 bridgehead atoms. The van der Waals surface area contributed by atoms with Gasteiger partial charge in [0.05, 0.1) is 17.3 Å². The molecule has 1 aromatic carbocycles. The van der Waals surface area contributed by atoms with Gasteiger partial charge in [-0.15, -0.1) is 0 Å². The van der Waals surface area contributed by atoms with Gasteiger partial charge in [-0.05, 0) is 23.8 Å². The van der Waals surface area contributed by atoms with E-state index in [2.05, 4.69) is 24.3 Å². The van der Waals surface area contributed by atoms with Crippen LogP contribution in [0.15, 0.2) is 30.5 Å². The van der Waals surface area contributed by atoms with Gasteiger partial charge in [-0.2, -0.15) is 5.10 Å². The number of nitrogens with one attached hydrogen (secondary N) is 1. The summed E-state index contributed by atoms with van der Waals surface area (Å²) in [6.45, 7) is 5.47. The average molecular weight is 282 g/mol. The lowest BCUT2D eigenvalue weighted by atomic mass is 10.2. The highest BCUT2D eigenvalue weighted by Crippen LogP contribution is 2.16. The smallest absolute Gasteiger partial charge is 0.142 e. The molecule has 0 aliphatic rings. The molecule has 102 valence electrons. The van der Waals surface area contributed by atoms with Crippen LogP contribution in [0.5, 0.6) is 0 Å². The normalized spacial score (nSPS) is 11.2. The second kappa shape index (κ2) is 6.17. The van der Waals surface area contributed by atoms with Crippen molar-refractivity contribution >= 4 is 11.6 Å². The minimum absolute atomic E-state index is 0.144. The van der Waals surface area contributed by atoms with Gasteiger partial charge in [-0.1, -0.05) is 31.5 Å². The fourth-order valence-corrected chi connectivity index (χ4v) is 1.89.